The van der Waals surface area contributed by atoms with E-state index in [4.69, 9.17) is 0 Å². The third-order valence-electron chi connectivity index (χ3n) is 4.95. The monoisotopic (exact) mass is 323 g/mol. The smallest absolute Gasteiger partial charge is 0.262 e. The molecular formula is C18H21N5O. The van der Waals surface area contributed by atoms with Crippen molar-refractivity contribution in [2.24, 2.45) is 7.05 Å². The first kappa shape index (κ1) is 15.1. The van der Waals surface area contributed by atoms with E-state index in [1.807, 2.05) is 7.05 Å². The van der Waals surface area contributed by atoms with Crippen LogP contribution in [0.2, 0.25) is 0 Å². The Bertz CT molecular complexity index is 942. The lowest BCUT2D eigenvalue weighted by Gasteiger charge is -2.27. The Kier molecular flexibility index (Phi) is 3.69. The van der Waals surface area contributed by atoms with Gasteiger partial charge in [-0.2, -0.15) is 5.10 Å². The number of fused-ring (bicyclic) bond motifs is 2. The van der Waals surface area contributed by atoms with Crippen LogP contribution in [-0.2, 0) is 20.0 Å². The Morgan fingerprint density at radius 3 is 3.04 bits per heavy atom. The Morgan fingerprint density at radius 2 is 2.21 bits per heavy atom. The fourth-order valence-corrected chi connectivity index (χ4v) is 3.70. The molecule has 0 aliphatic heterocycles. The van der Waals surface area contributed by atoms with Gasteiger partial charge < -0.3 is 4.98 Å². The van der Waals surface area contributed by atoms with Gasteiger partial charge in [0.25, 0.3) is 5.56 Å². The Morgan fingerprint density at radius 1 is 1.38 bits per heavy atom. The highest BCUT2D eigenvalue weighted by molar-refractivity contribution is 5.72. The number of H-pyrrole nitrogens is 1. The minimum Gasteiger partial charge on any atom is -0.309 e. The molecule has 0 radical (unpaired) electrons. The van der Waals surface area contributed by atoms with E-state index in [9.17, 15) is 4.79 Å². The Balaban J connectivity index is 1.66. The number of rotatable bonds is 4. The van der Waals surface area contributed by atoms with Crippen LogP contribution in [0, 0.1) is 0 Å². The maximum absolute atomic E-state index is 12.2. The molecule has 1 aromatic carbocycles. The van der Waals surface area contributed by atoms with Gasteiger partial charge in [0.15, 0.2) is 5.65 Å². The number of hydrogen-bond donors (Lipinski definition) is 1. The van der Waals surface area contributed by atoms with E-state index in [2.05, 4.69) is 51.2 Å². The van der Waals surface area contributed by atoms with Crippen molar-refractivity contribution in [3.63, 3.8) is 0 Å². The lowest BCUT2D eigenvalue weighted by molar-refractivity contribution is 0.193. The van der Waals surface area contributed by atoms with Crippen molar-refractivity contribution in [2.75, 3.05) is 6.54 Å². The molecule has 24 heavy (non-hydrogen) atoms. The van der Waals surface area contributed by atoms with E-state index in [-0.39, 0.29) is 5.56 Å². The van der Waals surface area contributed by atoms with Gasteiger partial charge >= 0.3 is 0 Å². The summed E-state index contributed by atoms with van der Waals surface area (Å²) in [5, 5.41) is 4.66. The van der Waals surface area contributed by atoms with Gasteiger partial charge in [0.2, 0.25) is 0 Å². The van der Waals surface area contributed by atoms with Gasteiger partial charge in [-0.15, -0.1) is 0 Å². The van der Waals surface area contributed by atoms with Crippen molar-refractivity contribution in [1.29, 1.82) is 0 Å². The minimum atomic E-state index is -0.119. The van der Waals surface area contributed by atoms with Crippen LogP contribution in [0.4, 0.5) is 0 Å². The van der Waals surface area contributed by atoms with Gasteiger partial charge in [-0.05, 0) is 30.5 Å². The molecule has 0 saturated heterocycles. The zero-order valence-electron chi connectivity index (χ0n) is 14.0. The number of hydrogen-bond acceptors (Lipinski definition) is 4. The molecule has 6 heteroatoms. The van der Waals surface area contributed by atoms with Gasteiger partial charge in [0.1, 0.15) is 11.2 Å². The van der Waals surface area contributed by atoms with Gasteiger partial charge in [0.05, 0.1) is 12.7 Å². The van der Waals surface area contributed by atoms with Crippen LogP contribution in [0.15, 0.2) is 35.3 Å². The van der Waals surface area contributed by atoms with Crippen LogP contribution in [0.5, 0.6) is 0 Å². The number of aryl methyl sites for hydroxylation is 2. The first-order chi connectivity index (χ1) is 11.7. The van der Waals surface area contributed by atoms with Crippen molar-refractivity contribution in [3.8, 4) is 0 Å². The summed E-state index contributed by atoms with van der Waals surface area (Å²) >= 11 is 0. The second-order valence-corrected chi connectivity index (χ2v) is 6.33. The highest BCUT2D eigenvalue weighted by Crippen LogP contribution is 2.35. The van der Waals surface area contributed by atoms with Crippen LogP contribution < -0.4 is 5.56 Å². The van der Waals surface area contributed by atoms with Crippen molar-refractivity contribution < 1.29 is 0 Å². The van der Waals surface area contributed by atoms with E-state index in [0.717, 1.165) is 19.4 Å². The number of aromatic nitrogens is 4. The highest BCUT2D eigenvalue weighted by Gasteiger charge is 2.27. The molecule has 1 N–H and O–H groups in total. The van der Waals surface area contributed by atoms with E-state index in [1.165, 1.54) is 11.1 Å². The molecule has 1 aliphatic rings. The molecule has 124 valence electrons. The summed E-state index contributed by atoms with van der Waals surface area (Å²) in [5.74, 6) is 0.697. The largest absolute Gasteiger partial charge is 0.309 e. The predicted molar refractivity (Wildman–Crippen MR) is 92.7 cm³/mol. The molecule has 0 amide bonds. The molecule has 0 bridgehead atoms. The third kappa shape index (κ3) is 2.43. The van der Waals surface area contributed by atoms with Gasteiger partial charge in [-0.25, -0.2) is 4.98 Å². The molecule has 0 fully saturated rings. The molecule has 2 heterocycles. The summed E-state index contributed by atoms with van der Waals surface area (Å²) in [6.07, 6.45) is 3.79. The maximum Gasteiger partial charge on any atom is 0.262 e. The van der Waals surface area contributed by atoms with Crippen LogP contribution in [0.3, 0.4) is 0 Å². The summed E-state index contributed by atoms with van der Waals surface area (Å²) in [7, 11) is 1.81. The second-order valence-electron chi connectivity index (χ2n) is 6.33. The van der Waals surface area contributed by atoms with E-state index in [1.54, 1.807) is 10.9 Å². The molecule has 0 saturated carbocycles. The molecule has 0 spiro atoms. The summed E-state index contributed by atoms with van der Waals surface area (Å²) in [5.41, 5.74) is 3.36. The quantitative estimate of drug-likeness (QED) is 0.799. The predicted octanol–water partition coefficient (Wildman–Crippen LogP) is 2.17. The molecule has 2 aromatic heterocycles. The summed E-state index contributed by atoms with van der Waals surface area (Å²) in [6.45, 7) is 3.69. The fourth-order valence-electron chi connectivity index (χ4n) is 3.70. The lowest BCUT2D eigenvalue weighted by atomic mass is 10.1. The highest BCUT2D eigenvalue weighted by atomic mass is 16.1. The maximum atomic E-state index is 12.2. The van der Waals surface area contributed by atoms with Crippen molar-refractivity contribution in [3.05, 3.63) is 57.8 Å². The first-order valence-corrected chi connectivity index (χ1v) is 8.40. The van der Waals surface area contributed by atoms with Crippen molar-refractivity contribution in [2.45, 2.75) is 32.4 Å². The normalized spacial score (nSPS) is 16.9. The first-order valence-electron chi connectivity index (χ1n) is 8.40. The number of benzene rings is 1. The standard InChI is InChI=1S/C18H21N5O/c1-3-23(15-9-8-12-6-4-5-7-13(12)15)11-16-20-17-14(18(24)21-16)10-19-22(17)2/h4-7,10,15H,3,8-9,11H2,1-2H3,(H,20,21,24)/t15-/m0/s1. The van der Waals surface area contributed by atoms with Crippen LogP contribution in [-0.4, -0.2) is 31.2 Å². The van der Waals surface area contributed by atoms with Crippen LogP contribution >= 0.6 is 0 Å². The van der Waals surface area contributed by atoms with Crippen molar-refractivity contribution >= 4 is 11.0 Å². The molecule has 3 aromatic rings. The zero-order valence-corrected chi connectivity index (χ0v) is 14.0. The third-order valence-corrected chi connectivity index (χ3v) is 4.95. The zero-order chi connectivity index (χ0) is 16.7. The Labute approximate surface area is 140 Å². The summed E-state index contributed by atoms with van der Waals surface area (Å²) in [4.78, 5) is 22.1. The average molecular weight is 323 g/mol. The van der Waals surface area contributed by atoms with E-state index >= 15 is 0 Å². The molecule has 4 rings (SSSR count). The molecule has 1 atom stereocenters. The topological polar surface area (TPSA) is 66.8 Å². The Hall–Kier alpha value is -2.47. The van der Waals surface area contributed by atoms with E-state index < -0.39 is 0 Å². The van der Waals surface area contributed by atoms with E-state index in [0.29, 0.717) is 29.4 Å². The lowest BCUT2D eigenvalue weighted by Crippen LogP contribution is -2.29. The van der Waals surface area contributed by atoms with Gasteiger partial charge in [-0.3, -0.25) is 14.4 Å². The summed E-state index contributed by atoms with van der Waals surface area (Å²) in [6, 6.07) is 9.03. The molecule has 0 unspecified atom stereocenters. The second kappa shape index (κ2) is 5.87. The van der Waals surface area contributed by atoms with Gasteiger partial charge in [0, 0.05) is 13.1 Å². The molecule has 1 aliphatic carbocycles. The van der Waals surface area contributed by atoms with Gasteiger partial charge in [-0.1, -0.05) is 31.2 Å². The summed E-state index contributed by atoms with van der Waals surface area (Å²) < 4.78 is 1.65. The SMILES string of the molecule is CCN(Cc1nc2c(cnn2C)c(=O)[nH]1)[C@H]1CCc2ccccc21. The van der Waals surface area contributed by atoms with Crippen LogP contribution in [0.25, 0.3) is 11.0 Å². The number of nitrogens with zero attached hydrogens (tertiary/aromatic N) is 4. The average Bonchev–Trinajstić information content (AvgIpc) is 3.17. The molecular weight excluding hydrogens is 302 g/mol. The number of nitrogens with one attached hydrogen (secondary N) is 1. The minimum absolute atomic E-state index is 0.119. The fraction of sp³-hybridized carbons (Fsp3) is 0.389. The number of aromatic amines is 1. The van der Waals surface area contributed by atoms with Crippen LogP contribution in [0.1, 0.15) is 36.3 Å². The molecule has 6 nitrogen and oxygen atoms in total. The van der Waals surface area contributed by atoms with Crippen molar-refractivity contribution in [1.82, 2.24) is 24.6 Å².